The topological polar surface area (TPSA) is 24.5 Å². The fraction of sp³-hybridized carbons (Fsp3) is 1.00. The highest BCUT2D eigenvalue weighted by Gasteiger charge is 2.15. The summed E-state index contributed by atoms with van der Waals surface area (Å²) in [6.45, 7) is 6.73. The van der Waals surface area contributed by atoms with Gasteiger partial charge in [-0.3, -0.25) is 0 Å². The summed E-state index contributed by atoms with van der Waals surface area (Å²) < 4.78 is 5.71. The first-order valence-electron chi connectivity index (χ1n) is 6.07. The van der Waals surface area contributed by atoms with E-state index < -0.39 is 0 Å². The van der Waals surface area contributed by atoms with E-state index in [1.54, 1.807) is 0 Å². The van der Waals surface area contributed by atoms with Gasteiger partial charge in [0.15, 0.2) is 0 Å². The Labute approximate surface area is 96.9 Å². The molecule has 1 unspecified atom stereocenters. The molecule has 0 radical (unpaired) electrons. The van der Waals surface area contributed by atoms with Gasteiger partial charge in [-0.25, -0.2) is 0 Å². The number of rotatable bonds is 3. The highest BCUT2D eigenvalue weighted by Crippen LogP contribution is 2.11. The van der Waals surface area contributed by atoms with Crippen molar-refractivity contribution in [3.05, 3.63) is 0 Å². The molecule has 88 valence electrons. The number of ether oxygens (including phenoxy) is 1. The number of hydrogen-bond acceptors (Lipinski definition) is 4. The Morgan fingerprint density at radius 1 is 1.33 bits per heavy atom. The molecule has 0 aliphatic carbocycles. The summed E-state index contributed by atoms with van der Waals surface area (Å²) in [4.78, 5) is 2.60. The van der Waals surface area contributed by atoms with Crippen LogP contribution >= 0.6 is 11.8 Å². The zero-order chi connectivity index (χ0) is 10.3. The van der Waals surface area contributed by atoms with Crippen molar-refractivity contribution in [2.45, 2.75) is 18.9 Å². The molecule has 2 heterocycles. The molecular formula is C11H22N2OS. The van der Waals surface area contributed by atoms with Crippen molar-refractivity contribution in [1.82, 2.24) is 10.2 Å². The Bertz CT molecular complexity index is 166. The Balaban J connectivity index is 1.62. The second-order valence-corrected chi connectivity index (χ2v) is 5.52. The summed E-state index contributed by atoms with van der Waals surface area (Å²) in [5.74, 6) is 2.65. The summed E-state index contributed by atoms with van der Waals surface area (Å²) in [6.07, 6.45) is 3.00. The maximum absolute atomic E-state index is 5.71. The first-order chi connectivity index (χ1) is 7.45. The molecule has 0 amide bonds. The number of thioether (sulfide) groups is 1. The molecule has 2 aliphatic heterocycles. The van der Waals surface area contributed by atoms with E-state index in [1.807, 2.05) is 0 Å². The van der Waals surface area contributed by atoms with Gasteiger partial charge in [0, 0.05) is 31.9 Å². The molecule has 2 aliphatic rings. The lowest BCUT2D eigenvalue weighted by atomic mass is 10.2. The van der Waals surface area contributed by atoms with Crippen LogP contribution < -0.4 is 5.32 Å². The summed E-state index contributed by atoms with van der Waals surface area (Å²) in [5.41, 5.74) is 0. The van der Waals surface area contributed by atoms with Gasteiger partial charge in [-0.05, 0) is 25.1 Å². The lowest BCUT2D eigenvalue weighted by molar-refractivity contribution is 0.0178. The molecule has 0 spiro atoms. The van der Waals surface area contributed by atoms with Crippen LogP contribution in [0.25, 0.3) is 0 Å². The van der Waals surface area contributed by atoms with E-state index in [-0.39, 0.29) is 0 Å². The van der Waals surface area contributed by atoms with Gasteiger partial charge in [-0.15, -0.1) is 0 Å². The van der Waals surface area contributed by atoms with Crippen LogP contribution in [0.3, 0.4) is 0 Å². The minimum absolute atomic E-state index is 0.453. The molecular weight excluding hydrogens is 208 g/mol. The van der Waals surface area contributed by atoms with E-state index in [0.717, 1.165) is 19.7 Å². The monoisotopic (exact) mass is 230 g/mol. The fourth-order valence-corrected chi connectivity index (χ4v) is 3.08. The molecule has 0 aromatic rings. The van der Waals surface area contributed by atoms with Crippen molar-refractivity contribution in [2.75, 3.05) is 50.8 Å². The normalized spacial score (nSPS) is 30.0. The van der Waals surface area contributed by atoms with E-state index in [1.165, 1.54) is 44.0 Å². The van der Waals surface area contributed by atoms with Gasteiger partial charge >= 0.3 is 0 Å². The molecule has 15 heavy (non-hydrogen) atoms. The van der Waals surface area contributed by atoms with Crippen LogP contribution in [-0.2, 0) is 4.74 Å². The molecule has 2 rings (SSSR count). The lowest BCUT2D eigenvalue weighted by Gasteiger charge is -2.26. The van der Waals surface area contributed by atoms with Crippen LogP contribution in [0.15, 0.2) is 0 Å². The first kappa shape index (κ1) is 11.7. The predicted octanol–water partition coefficient (Wildman–Crippen LogP) is 0.804. The van der Waals surface area contributed by atoms with Gasteiger partial charge in [0.25, 0.3) is 0 Å². The molecule has 0 bridgehead atoms. The number of nitrogens with one attached hydrogen (secondary N) is 1. The maximum atomic E-state index is 5.71. The van der Waals surface area contributed by atoms with Gasteiger partial charge < -0.3 is 15.0 Å². The Morgan fingerprint density at radius 2 is 2.33 bits per heavy atom. The molecule has 1 atom stereocenters. The number of hydrogen-bond donors (Lipinski definition) is 1. The summed E-state index contributed by atoms with van der Waals surface area (Å²) in [5, 5.41) is 3.39. The van der Waals surface area contributed by atoms with E-state index in [9.17, 15) is 0 Å². The molecule has 0 aromatic heterocycles. The zero-order valence-corrected chi connectivity index (χ0v) is 10.2. The summed E-state index contributed by atoms with van der Waals surface area (Å²) in [7, 11) is 0. The molecule has 0 saturated carbocycles. The Kier molecular flexibility index (Phi) is 5.26. The third-order valence-corrected chi connectivity index (χ3v) is 4.14. The highest BCUT2D eigenvalue weighted by molar-refractivity contribution is 7.99. The first-order valence-corrected chi connectivity index (χ1v) is 7.23. The second kappa shape index (κ2) is 6.74. The van der Waals surface area contributed by atoms with Crippen LogP contribution in [0, 0.1) is 0 Å². The second-order valence-electron chi connectivity index (χ2n) is 4.29. The van der Waals surface area contributed by atoms with Gasteiger partial charge in [-0.1, -0.05) is 0 Å². The van der Waals surface area contributed by atoms with Crippen molar-refractivity contribution in [3.63, 3.8) is 0 Å². The molecule has 2 fully saturated rings. The Hall–Kier alpha value is 0.230. The smallest absolute Gasteiger partial charge is 0.0712 e. The average Bonchev–Trinajstić information content (AvgIpc) is 2.56. The van der Waals surface area contributed by atoms with Gasteiger partial charge in [0.2, 0.25) is 0 Å². The fourth-order valence-electron chi connectivity index (χ4n) is 2.15. The standard InChI is InChI=1S/C11H22N2OS/c1-4-13(6-9-15-8-1)5-2-11-10-12-3-7-14-11/h11-12H,1-10H2. The van der Waals surface area contributed by atoms with Crippen LogP contribution in [0.2, 0.25) is 0 Å². The van der Waals surface area contributed by atoms with Crippen molar-refractivity contribution in [2.24, 2.45) is 0 Å². The van der Waals surface area contributed by atoms with Gasteiger partial charge in [-0.2, -0.15) is 11.8 Å². The van der Waals surface area contributed by atoms with Crippen LogP contribution in [0.1, 0.15) is 12.8 Å². The Morgan fingerprint density at radius 3 is 3.20 bits per heavy atom. The third kappa shape index (κ3) is 4.31. The van der Waals surface area contributed by atoms with Crippen molar-refractivity contribution in [3.8, 4) is 0 Å². The number of morpholine rings is 1. The van der Waals surface area contributed by atoms with Gasteiger partial charge in [0.1, 0.15) is 0 Å². The lowest BCUT2D eigenvalue weighted by Crippen LogP contribution is -2.40. The van der Waals surface area contributed by atoms with Gasteiger partial charge in [0.05, 0.1) is 12.7 Å². The maximum Gasteiger partial charge on any atom is 0.0712 e. The molecule has 3 nitrogen and oxygen atoms in total. The molecule has 4 heteroatoms. The van der Waals surface area contributed by atoms with E-state index in [2.05, 4.69) is 22.0 Å². The van der Waals surface area contributed by atoms with E-state index >= 15 is 0 Å². The zero-order valence-electron chi connectivity index (χ0n) is 9.41. The van der Waals surface area contributed by atoms with E-state index in [4.69, 9.17) is 4.74 Å². The number of nitrogens with zero attached hydrogens (tertiary/aromatic N) is 1. The van der Waals surface area contributed by atoms with Crippen LogP contribution in [0.4, 0.5) is 0 Å². The molecule has 2 saturated heterocycles. The highest BCUT2D eigenvalue weighted by atomic mass is 32.2. The minimum atomic E-state index is 0.453. The SMILES string of the molecule is C1CSCCN(CCC2CNCCO2)C1. The predicted molar refractivity (Wildman–Crippen MR) is 65.6 cm³/mol. The quantitative estimate of drug-likeness (QED) is 0.775. The average molecular weight is 230 g/mol. The van der Waals surface area contributed by atoms with Crippen LogP contribution in [-0.4, -0.2) is 61.8 Å². The van der Waals surface area contributed by atoms with Crippen molar-refractivity contribution >= 4 is 11.8 Å². The van der Waals surface area contributed by atoms with Crippen LogP contribution in [0.5, 0.6) is 0 Å². The van der Waals surface area contributed by atoms with Crippen molar-refractivity contribution < 1.29 is 4.74 Å². The minimum Gasteiger partial charge on any atom is -0.376 e. The molecule has 1 N–H and O–H groups in total. The van der Waals surface area contributed by atoms with Crippen molar-refractivity contribution in [1.29, 1.82) is 0 Å². The largest absolute Gasteiger partial charge is 0.376 e. The molecule has 0 aromatic carbocycles. The van der Waals surface area contributed by atoms with E-state index in [0.29, 0.717) is 6.10 Å². The third-order valence-electron chi connectivity index (χ3n) is 3.09. The summed E-state index contributed by atoms with van der Waals surface area (Å²) in [6, 6.07) is 0. The summed E-state index contributed by atoms with van der Waals surface area (Å²) >= 11 is 2.10.